The molecule has 2 fully saturated rings. The zero-order chi connectivity index (χ0) is 20.9. The van der Waals surface area contributed by atoms with E-state index in [2.05, 4.69) is 41.5 Å². The minimum Gasteiger partial charge on any atom is -0.328 e. The van der Waals surface area contributed by atoms with Gasteiger partial charge in [0.2, 0.25) is 0 Å². The zero-order valence-electron chi connectivity index (χ0n) is 20.1. The second kappa shape index (κ2) is 10.3. The van der Waals surface area contributed by atoms with Gasteiger partial charge < -0.3 is 11.5 Å². The fourth-order valence-electron chi connectivity index (χ4n) is 6.48. The smallest absolute Gasteiger partial charge is 0.00104 e. The van der Waals surface area contributed by atoms with Gasteiger partial charge in [0.15, 0.2) is 0 Å². The SMILES string of the molecule is CC(N)CCCC(C)(C)C1CCC2CC(C(C)(C)CCCC(C)N)CCC2C1. The van der Waals surface area contributed by atoms with E-state index in [4.69, 9.17) is 11.5 Å². The van der Waals surface area contributed by atoms with E-state index in [9.17, 15) is 0 Å². The summed E-state index contributed by atoms with van der Waals surface area (Å²) in [6.45, 7) is 14.4. The maximum absolute atomic E-state index is 5.97. The van der Waals surface area contributed by atoms with E-state index in [1.54, 1.807) is 0 Å². The Hall–Kier alpha value is -0.0800. The Morgan fingerprint density at radius 3 is 1.36 bits per heavy atom. The Morgan fingerprint density at radius 1 is 0.679 bits per heavy atom. The highest BCUT2D eigenvalue weighted by Crippen LogP contribution is 2.53. The lowest BCUT2D eigenvalue weighted by atomic mass is 9.56. The molecular formula is C26H52N2. The highest BCUT2D eigenvalue weighted by Gasteiger charge is 2.43. The highest BCUT2D eigenvalue weighted by molar-refractivity contribution is 4.93. The van der Waals surface area contributed by atoms with Gasteiger partial charge in [-0.3, -0.25) is 0 Å². The molecule has 28 heavy (non-hydrogen) atoms. The molecule has 0 aromatic rings. The molecule has 4 N–H and O–H groups in total. The summed E-state index contributed by atoms with van der Waals surface area (Å²) in [5.41, 5.74) is 12.9. The fourth-order valence-corrected chi connectivity index (χ4v) is 6.48. The maximum Gasteiger partial charge on any atom is 0.00104 e. The van der Waals surface area contributed by atoms with Crippen molar-refractivity contribution >= 4 is 0 Å². The Bertz CT molecular complexity index is 409. The molecule has 2 aliphatic rings. The Morgan fingerprint density at radius 2 is 1.04 bits per heavy atom. The van der Waals surface area contributed by atoms with Crippen LogP contribution < -0.4 is 11.5 Å². The van der Waals surface area contributed by atoms with Crippen LogP contribution in [0.4, 0.5) is 0 Å². The van der Waals surface area contributed by atoms with E-state index in [0.29, 0.717) is 22.9 Å². The third-order valence-corrected chi connectivity index (χ3v) is 8.78. The van der Waals surface area contributed by atoms with E-state index in [0.717, 1.165) is 23.7 Å². The summed E-state index contributed by atoms with van der Waals surface area (Å²) >= 11 is 0. The molecule has 0 aliphatic heterocycles. The molecule has 6 unspecified atom stereocenters. The van der Waals surface area contributed by atoms with Crippen LogP contribution in [0.5, 0.6) is 0 Å². The number of fused-ring (bicyclic) bond motifs is 1. The topological polar surface area (TPSA) is 52.0 Å². The molecule has 0 aromatic carbocycles. The van der Waals surface area contributed by atoms with Crippen molar-refractivity contribution in [3.8, 4) is 0 Å². The van der Waals surface area contributed by atoms with Crippen LogP contribution >= 0.6 is 0 Å². The lowest BCUT2D eigenvalue weighted by molar-refractivity contribution is 0.0120. The van der Waals surface area contributed by atoms with Gasteiger partial charge in [-0.25, -0.2) is 0 Å². The van der Waals surface area contributed by atoms with Crippen LogP contribution in [0.1, 0.15) is 119 Å². The summed E-state index contributed by atoms with van der Waals surface area (Å²) in [7, 11) is 0. The third-order valence-electron chi connectivity index (χ3n) is 8.78. The van der Waals surface area contributed by atoms with Crippen molar-refractivity contribution in [1.29, 1.82) is 0 Å². The molecule has 0 amide bonds. The minimum atomic E-state index is 0.359. The van der Waals surface area contributed by atoms with Crippen LogP contribution in [0, 0.1) is 34.5 Å². The predicted molar refractivity (Wildman–Crippen MR) is 124 cm³/mol. The second-order valence-corrected chi connectivity index (χ2v) is 12.3. The molecular weight excluding hydrogens is 340 g/mol. The van der Waals surface area contributed by atoms with Crippen LogP contribution in [0.3, 0.4) is 0 Å². The summed E-state index contributed by atoms with van der Waals surface area (Å²) < 4.78 is 0. The van der Waals surface area contributed by atoms with E-state index in [-0.39, 0.29) is 0 Å². The van der Waals surface area contributed by atoms with Gasteiger partial charge in [-0.05, 0) is 113 Å². The number of nitrogens with two attached hydrogens (primary N) is 2. The molecule has 0 spiro atoms. The normalized spacial score (nSPS) is 31.3. The van der Waals surface area contributed by atoms with Crippen molar-refractivity contribution in [3.63, 3.8) is 0 Å². The van der Waals surface area contributed by atoms with Gasteiger partial charge in [0.05, 0.1) is 0 Å². The summed E-state index contributed by atoms with van der Waals surface area (Å²) in [5.74, 6) is 3.86. The zero-order valence-corrected chi connectivity index (χ0v) is 20.1. The van der Waals surface area contributed by atoms with Gasteiger partial charge >= 0.3 is 0 Å². The molecule has 2 nitrogen and oxygen atoms in total. The first-order valence-corrected chi connectivity index (χ1v) is 12.5. The summed E-state index contributed by atoms with van der Waals surface area (Å²) in [6, 6.07) is 0.719. The van der Waals surface area contributed by atoms with Gasteiger partial charge in [-0.1, -0.05) is 40.5 Å². The minimum absolute atomic E-state index is 0.359. The van der Waals surface area contributed by atoms with Gasteiger partial charge in [-0.2, -0.15) is 0 Å². The summed E-state index contributed by atoms with van der Waals surface area (Å²) in [5, 5.41) is 0. The highest BCUT2D eigenvalue weighted by atomic mass is 14.6. The number of hydrogen-bond donors (Lipinski definition) is 2. The lowest BCUT2D eigenvalue weighted by Gasteiger charge is -2.49. The van der Waals surface area contributed by atoms with Crippen molar-refractivity contribution in [1.82, 2.24) is 0 Å². The molecule has 2 heteroatoms. The fraction of sp³-hybridized carbons (Fsp3) is 1.00. The van der Waals surface area contributed by atoms with E-state index in [1.807, 2.05) is 0 Å². The van der Waals surface area contributed by atoms with Gasteiger partial charge in [0.1, 0.15) is 0 Å². The lowest BCUT2D eigenvalue weighted by Crippen LogP contribution is -2.39. The third kappa shape index (κ3) is 7.01. The molecule has 0 aromatic heterocycles. The van der Waals surface area contributed by atoms with E-state index in [1.165, 1.54) is 77.0 Å². The molecule has 0 radical (unpaired) electrons. The van der Waals surface area contributed by atoms with Gasteiger partial charge in [0.25, 0.3) is 0 Å². The Kier molecular flexibility index (Phi) is 8.89. The molecule has 2 aliphatic carbocycles. The first-order valence-electron chi connectivity index (χ1n) is 12.5. The predicted octanol–water partition coefficient (Wildman–Crippen LogP) is 6.91. The van der Waals surface area contributed by atoms with Crippen LogP contribution in [0.25, 0.3) is 0 Å². The molecule has 166 valence electrons. The second-order valence-electron chi connectivity index (χ2n) is 12.3. The van der Waals surface area contributed by atoms with Gasteiger partial charge in [-0.15, -0.1) is 0 Å². The molecule has 0 saturated heterocycles. The monoisotopic (exact) mass is 392 g/mol. The van der Waals surface area contributed by atoms with Crippen LogP contribution in [0.2, 0.25) is 0 Å². The molecule has 2 rings (SSSR count). The number of rotatable bonds is 10. The summed E-state index contributed by atoms with van der Waals surface area (Å²) in [4.78, 5) is 0. The van der Waals surface area contributed by atoms with Crippen molar-refractivity contribution in [2.24, 2.45) is 46.0 Å². The Balaban J connectivity index is 1.83. The van der Waals surface area contributed by atoms with E-state index < -0.39 is 0 Å². The number of hydrogen-bond acceptors (Lipinski definition) is 2. The molecule has 0 heterocycles. The van der Waals surface area contributed by atoms with Crippen molar-refractivity contribution in [2.45, 2.75) is 131 Å². The van der Waals surface area contributed by atoms with Crippen LogP contribution in [-0.2, 0) is 0 Å². The maximum atomic E-state index is 5.97. The largest absolute Gasteiger partial charge is 0.328 e. The average Bonchev–Trinajstić information content (AvgIpc) is 2.59. The first kappa shape index (κ1) is 24.2. The van der Waals surface area contributed by atoms with E-state index >= 15 is 0 Å². The van der Waals surface area contributed by atoms with Crippen LogP contribution in [-0.4, -0.2) is 12.1 Å². The molecule has 6 atom stereocenters. The van der Waals surface area contributed by atoms with Crippen molar-refractivity contribution < 1.29 is 0 Å². The van der Waals surface area contributed by atoms with Crippen LogP contribution in [0.15, 0.2) is 0 Å². The van der Waals surface area contributed by atoms with Gasteiger partial charge in [0, 0.05) is 12.1 Å². The first-order chi connectivity index (χ1) is 13.0. The van der Waals surface area contributed by atoms with Crippen molar-refractivity contribution in [3.05, 3.63) is 0 Å². The van der Waals surface area contributed by atoms with Crippen molar-refractivity contribution in [2.75, 3.05) is 0 Å². The Labute approximate surface area is 177 Å². The quantitative estimate of drug-likeness (QED) is 0.424. The average molecular weight is 393 g/mol. The standard InChI is InChI=1S/C26H52N2/c1-19(27)9-7-15-25(3,4)23-13-11-22-18-24(14-12-21(22)17-23)26(5,6)16-8-10-20(2)28/h19-24H,7-18,27-28H2,1-6H3. The molecule has 2 saturated carbocycles. The summed E-state index contributed by atoms with van der Waals surface area (Å²) in [6.07, 6.45) is 16.5. The molecule has 0 bridgehead atoms.